The zero-order valence-electron chi connectivity index (χ0n) is 12.1. The second-order valence-electron chi connectivity index (χ2n) is 5.63. The first-order valence-corrected chi connectivity index (χ1v) is 9.33. The Labute approximate surface area is 129 Å². The summed E-state index contributed by atoms with van der Waals surface area (Å²) in [6, 6.07) is 3.97. The van der Waals surface area contributed by atoms with Crippen LogP contribution in [0.1, 0.15) is 42.7 Å². The van der Waals surface area contributed by atoms with Crippen LogP contribution in [0.25, 0.3) is 11.2 Å². The van der Waals surface area contributed by atoms with Gasteiger partial charge >= 0.3 is 0 Å². The van der Waals surface area contributed by atoms with Gasteiger partial charge in [0.05, 0.1) is 16.9 Å². The molecule has 21 heavy (non-hydrogen) atoms. The second kappa shape index (κ2) is 5.25. The van der Waals surface area contributed by atoms with Gasteiger partial charge in [-0.05, 0) is 38.8 Å². The summed E-state index contributed by atoms with van der Waals surface area (Å²) in [5, 5.41) is -0.238. The number of aromatic nitrogens is 3. The molecule has 0 N–H and O–H groups in total. The minimum atomic E-state index is -2.89. The fraction of sp³-hybridized carbons (Fsp3) is 0.571. The zero-order chi connectivity index (χ0) is 15.2. The van der Waals surface area contributed by atoms with Crippen LogP contribution in [0, 0.1) is 6.92 Å². The predicted molar refractivity (Wildman–Crippen MR) is 83.5 cm³/mol. The molecule has 5 nitrogen and oxygen atoms in total. The van der Waals surface area contributed by atoms with Crippen molar-refractivity contribution in [1.82, 2.24) is 14.5 Å². The molecule has 1 saturated heterocycles. The highest BCUT2D eigenvalue weighted by atomic mass is 35.5. The number of nitrogens with zero attached hydrogens (tertiary/aromatic N) is 3. The van der Waals surface area contributed by atoms with E-state index in [1.165, 1.54) is 0 Å². The van der Waals surface area contributed by atoms with E-state index in [-0.39, 0.29) is 22.9 Å². The van der Waals surface area contributed by atoms with Crippen molar-refractivity contribution < 1.29 is 8.42 Å². The van der Waals surface area contributed by atoms with Crippen LogP contribution in [0.15, 0.2) is 12.1 Å². The minimum Gasteiger partial charge on any atom is -0.308 e. The second-order valence-corrected chi connectivity index (χ2v) is 8.59. The molecule has 0 bridgehead atoms. The van der Waals surface area contributed by atoms with E-state index >= 15 is 0 Å². The molecular weight excluding hydrogens is 310 g/mol. The largest absolute Gasteiger partial charge is 0.308 e. The van der Waals surface area contributed by atoms with Crippen LogP contribution in [0.5, 0.6) is 0 Å². The van der Waals surface area contributed by atoms with Crippen LogP contribution in [0.3, 0.4) is 0 Å². The lowest BCUT2D eigenvalue weighted by atomic mass is 10.1. The fourth-order valence-corrected chi connectivity index (χ4v) is 4.48. The van der Waals surface area contributed by atoms with Crippen molar-refractivity contribution in [2.75, 3.05) is 11.5 Å². The van der Waals surface area contributed by atoms with Crippen LogP contribution in [0.4, 0.5) is 0 Å². The maximum atomic E-state index is 11.6. The number of rotatable bonds is 2. The number of sulfone groups is 1. The summed E-state index contributed by atoms with van der Waals surface area (Å²) in [6.45, 7) is 3.82. The lowest BCUT2D eigenvalue weighted by Gasteiger charge is -2.25. The Morgan fingerprint density at radius 1 is 1.29 bits per heavy atom. The predicted octanol–water partition coefficient (Wildman–Crippen LogP) is 2.79. The molecule has 0 spiro atoms. The molecule has 3 heterocycles. The Hall–Kier alpha value is -1.14. The number of imidazole rings is 1. The molecule has 114 valence electrons. The molecule has 1 unspecified atom stereocenters. The number of pyridine rings is 1. The highest BCUT2D eigenvalue weighted by molar-refractivity contribution is 7.91. The number of hydrogen-bond acceptors (Lipinski definition) is 4. The van der Waals surface area contributed by atoms with Crippen molar-refractivity contribution in [1.29, 1.82) is 0 Å². The molecule has 0 amide bonds. The van der Waals surface area contributed by atoms with Crippen molar-refractivity contribution >= 4 is 32.6 Å². The average Bonchev–Trinajstić information content (AvgIpc) is 2.78. The fourth-order valence-electron chi connectivity index (χ4n) is 2.86. The molecule has 0 saturated carbocycles. The van der Waals surface area contributed by atoms with E-state index in [0.717, 1.165) is 22.7 Å². The minimum absolute atomic E-state index is 0.101. The van der Waals surface area contributed by atoms with Crippen molar-refractivity contribution in [3.63, 3.8) is 0 Å². The summed E-state index contributed by atoms with van der Waals surface area (Å²) in [5.41, 5.74) is 2.54. The van der Waals surface area contributed by atoms with Gasteiger partial charge in [-0.2, -0.15) is 0 Å². The third-order valence-corrected chi connectivity index (χ3v) is 5.86. The number of aryl methyl sites for hydroxylation is 1. The maximum Gasteiger partial charge on any atom is 0.160 e. The molecule has 1 atom stereocenters. The molecule has 1 fully saturated rings. The van der Waals surface area contributed by atoms with Gasteiger partial charge in [0.25, 0.3) is 0 Å². The molecule has 7 heteroatoms. The van der Waals surface area contributed by atoms with Crippen LogP contribution in [-0.2, 0) is 9.84 Å². The zero-order valence-corrected chi connectivity index (χ0v) is 13.7. The van der Waals surface area contributed by atoms with Gasteiger partial charge in [-0.3, -0.25) is 0 Å². The van der Waals surface area contributed by atoms with Gasteiger partial charge in [-0.25, -0.2) is 18.4 Å². The quantitative estimate of drug-likeness (QED) is 0.796. The number of alkyl halides is 1. The van der Waals surface area contributed by atoms with Gasteiger partial charge in [0.1, 0.15) is 21.2 Å². The maximum absolute atomic E-state index is 11.6. The van der Waals surface area contributed by atoms with Gasteiger partial charge in [0.2, 0.25) is 0 Å². The number of halogens is 1. The first-order valence-electron chi connectivity index (χ1n) is 7.07. The molecule has 2 aromatic heterocycles. The molecule has 2 aromatic rings. The van der Waals surface area contributed by atoms with Gasteiger partial charge in [-0.15, -0.1) is 11.6 Å². The highest BCUT2D eigenvalue weighted by Gasteiger charge is 2.29. The van der Waals surface area contributed by atoms with E-state index in [1.807, 2.05) is 26.0 Å². The van der Waals surface area contributed by atoms with Crippen molar-refractivity contribution in [2.24, 2.45) is 0 Å². The van der Waals surface area contributed by atoms with Crippen molar-refractivity contribution in [3.05, 3.63) is 23.7 Å². The average molecular weight is 328 g/mol. The Morgan fingerprint density at radius 2 is 1.95 bits per heavy atom. The van der Waals surface area contributed by atoms with E-state index in [9.17, 15) is 8.42 Å². The van der Waals surface area contributed by atoms with E-state index in [1.54, 1.807) is 0 Å². The van der Waals surface area contributed by atoms with Crippen molar-refractivity contribution in [3.8, 4) is 0 Å². The number of fused-ring (bicyclic) bond motifs is 1. The Bertz CT molecular complexity index is 769. The molecule has 0 radical (unpaired) electrons. The lowest BCUT2D eigenvalue weighted by Crippen LogP contribution is -2.26. The van der Waals surface area contributed by atoms with Gasteiger partial charge in [0, 0.05) is 11.7 Å². The summed E-state index contributed by atoms with van der Waals surface area (Å²) >= 11 is 6.27. The third kappa shape index (κ3) is 2.79. The smallest absolute Gasteiger partial charge is 0.160 e. The number of hydrogen-bond donors (Lipinski definition) is 0. The van der Waals surface area contributed by atoms with E-state index in [4.69, 9.17) is 11.6 Å². The summed E-state index contributed by atoms with van der Waals surface area (Å²) in [5.74, 6) is 1.22. The van der Waals surface area contributed by atoms with Crippen LogP contribution in [-0.4, -0.2) is 34.5 Å². The van der Waals surface area contributed by atoms with E-state index in [0.29, 0.717) is 12.8 Å². The topological polar surface area (TPSA) is 64.8 Å². The highest BCUT2D eigenvalue weighted by Crippen LogP contribution is 2.32. The van der Waals surface area contributed by atoms with Gasteiger partial charge < -0.3 is 4.57 Å². The monoisotopic (exact) mass is 327 g/mol. The lowest BCUT2D eigenvalue weighted by molar-refractivity contribution is 0.444. The van der Waals surface area contributed by atoms with Gasteiger partial charge in [0.15, 0.2) is 5.65 Å². The molecule has 0 aliphatic carbocycles. The van der Waals surface area contributed by atoms with Crippen LogP contribution < -0.4 is 0 Å². The summed E-state index contributed by atoms with van der Waals surface area (Å²) in [4.78, 5) is 9.17. The van der Waals surface area contributed by atoms with Crippen molar-refractivity contribution in [2.45, 2.75) is 38.1 Å². The van der Waals surface area contributed by atoms with Crippen LogP contribution >= 0.6 is 11.6 Å². The molecular formula is C14H18ClN3O2S. The first-order chi connectivity index (χ1) is 9.87. The standard InChI is InChI=1S/C14H18ClN3O2S/c1-9-3-4-12-14(16-9)18(13(17-12)10(2)15)11-5-7-21(19,20)8-6-11/h3-4,10-11H,5-8H2,1-2H3. The van der Waals surface area contributed by atoms with Crippen LogP contribution in [0.2, 0.25) is 0 Å². The first kappa shape index (κ1) is 14.8. The Morgan fingerprint density at radius 3 is 2.57 bits per heavy atom. The summed E-state index contributed by atoms with van der Waals surface area (Å²) < 4.78 is 25.3. The molecule has 1 aliphatic rings. The summed E-state index contributed by atoms with van der Waals surface area (Å²) in [7, 11) is -2.89. The molecule has 3 rings (SSSR count). The normalized spacial score (nSPS) is 20.7. The Balaban J connectivity index is 2.11. The molecule has 1 aliphatic heterocycles. The van der Waals surface area contributed by atoms with E-state index < -0.39 is 9.84 Å². The van der Waals surface area contributed by atoms with E-state index in [2.05, 4.69) is 14.5 Å². The van der Waals surface area contributed by atoms with Gasteiger partial charge in [-0.1, -0.05) is 0 Å². The Kier molecular flexibility index (Phi) is 3.69. The third-order valence-electron chi connectivity index (χ3n) is 3.95. The summed E-state index contributed by atoms with van der Waals surface area (Å²) in [6.07, 6.45) is 1.19. The molecule has 0 aromatic carbocycles. The SMILES string of the molecule is Cc1ccc2nc(C(C)Cl)n(C3CCS(=O)(=O)CC3)c2n1.